The van der Waals surface area contributed by atoms with Crippen LogP contribution in [0.1, 0.15) is 5.56 Å². The summed E-state index contributed by atoms with van der Waals surface area (Å²) in [6, 6.07) is 4.08. The SMILES string of the molecule is CN1CCN(Cc2ccncc2)CC(C(=O)N(C)C)C1. The maximum Gasteiger partial charge on any atom is 0.227 e. The van der Waals surface area contributed by atoms with Gasteiger partial charge in [-0.15, -0.1) is 0 Å². The zero-order valence-electron chi connectivity index (χ0n) is 12.6. The van der Waals surface area contributed by atoms with Crippen LogP contribution < -0.4 is 0 Å². The summed E-state index contributed by atoms with van der Waals surface area (Å²) in [4.78, 5) is 22.6. The largest absolute Gasteiger partial charge is 0.348 e. The Hall–Kier alpha value is -1.46. The van der Waals surface area contributed by atoms with Gasteiger partial charge in [-0.1, -0.05) is 0 Å². The molecule has 0 aliphatic carbocycles. The van der Waals surface area contributed by atoms with Gasteiger partial charge in [0.2, 0.25) is 5.91 Å². The number of hydrogen-bond acceptors (Lipinski definition) is 4. The third-order valence-corrected chi connectivity index (χ3v) is 3.75. The van der Waals surface area contributed by atoms with Crippen molar-refractivity contribution in [3.05, 3.63) is 30.1 Å². The Labute approximate surface area is 121 Å². The fourth-order valence-corrected chi connectivity index (χ4v) is 2.65. The number of carbonyl (C=O) groups is 1. The molecule has 5 nitrogen and oxygen atoms in total. The van der Waals surface area contributed by atoms with Gasteiger partial charge in [0.15, 0.2) is 0 Å². The van der Waals surface area contributed by atoms with Crippen LogP contribution in [0, 0.1) is 5.92 Å². The van der Waals surface area contributed by atoms with Crippen LogP contribution in [0.25, 0.3) is 0 Å². The standard InChI is InChI=1S/C15H24N4O/c1-17(2)15(20)14-11-18(3)8-9-19(12-14)10-13-4-6-16-7-5-13/h4-7,14H,8-12H2,1-3H3. The van der Waals surface area contributed by atoms with E-state index in [4.69, 9.17) is 0 Å². The number of carbonyl (C=O) groups excluding carboxylic acids is 1. The number of nitrogens with zero attached hydrogens (tertiary/aromatic N) is 4. The average Bonchev–Trinajstić information content (AvgIpc) is 2.61. The first-order valence-corrected chi connectivity index (χ1v) is 7.07. The maximum atomic E-state index is 12.3. The summed E-state index contributed by atoms with van der Waals surface area (Å²) in [5, 5.41) is 0. The molecule has 0 saturated carbocycles. The molecule has 5 heteroatoms. The van der Waals surface area contributed by atoms with Crippen molar-refractivity contribution >= 4 is 5.91 Å². The minimum Gasteiger partial charge on any atom is -0.348 e. The van der Waals surface area contributed by atoms with E-state index in [1.165, 1.54) is 5.56 Å². The fourth-order valence-electron chi connectivity index (χ4n) is 2.65. The van der Waals surface area contributed by atoms with Gasteiger partial charge in [-0.25, -0.2) is 0 Å². The molecule has 0 spiro atoms. The smallest absolute Gasteiger partial charge is 0.227 e. The molecule has 110 valence electrons. The summed E-state index contributed by atoms with van der Waals surface area (Å²) < 4.78 is 0. The van der Waals surface area contributed by atoms with Crippen LogP contribution in [0.4, 0.5) is 0 Å². The van der Waals surface area contributed by atoms with E-state index >= 15 is 0 Å². The van der Waals surface area contributed by atoms with Crippen molar-refractivity contribution in [2.45, 2.75) is 6.54 Å². The van der Waals surface area contributed by atoms with Gasteiger partial charge >= 0.3 is 0 Å². The molecule has 0 aromatic carbocycles. The maximum absolute atomic E-state index is 12.3. The monoisotopic (exact) mass is 276 g/mol. The van der Waals surface area contributed by atoms with Crippen molar-refractivity contribution in [2.75, 3.05) is 47.3 Å². The predicted molar refractivity (Wildman–Crippen MR) is 79.2 cm³/mol. The van der Waals surface area contributed by atoms with Gasteiger partial charge in [0, 0.05) is 59.2 Å². The Morgan fingerprint density at radius 2 is 2.00 bits per heavy atom. The summed E-state index contributed by atoms with van der Waals surface area (Å²) in [5.74, 6) is 0.276. The number of amides is 1. The van der Waals surface area contributed by atoms with Crippen molar-refractivity contribution in [1.29, 1.82) is 0 Å². The molecule has 1 fully saturated rings. The van der Waals surface area contributed by atoms with Crippen molar-refractivity contribution < 1.29 is 4.79 Å². The van der Waals surface area contributed by atoms with Gasteiger partial charge in [-0.3, -0.25) is 14.7 Å². The lowest BCUT2D eigenvalue weighted by molar-refractivity contribution is -0.133. The molecule has 1 unspecified atom stereocenters. The first-order valence-electron chi connectivity index (χ1n) is 7.07. The highest BCUT2D eigenvalue weighted by Crippen LogP contribution is 2.13. The Morgan fingerprint density at radius 1 is 1.30 bits per heavy atom. The summed E-state index contributed by atoms with van der Waals surface area (Å²) in [6.07, 6.45) is 3.64. The highest BCUT2D eigenvalue weighted by molar-refractivity contribution is 5.78. The summed E-state index contributed by atoms with van der Waals surface area (Å²) in [7, 11) is 5.76. The molecule has 2 rings (SSSR count). The molecule has 1 aromatic rings. The van der Waals surface area contributed by atoms with Crippen LogP contribution in [-0.2, 0) is 11.3 Å². The molecule has 20 heavy (non-hydrogen) atoms. The molecule has 1 aliphatic heterocycles. The predicted octanol–water partition coefficient (Wildman–Crippen LogP) is 0.533. The second-order valence-electron chi connectivity index (χ2n) is 5.78. The zero-order valence-corrected chi connectivity index (χ0v) is 12.6. The van der Waals surface area contributed by atoms with Crippen LogP contribution in [0.2, 0.25) is 0 Å². The van der Waals surface area contributed by atoms with E-state index in [0.29, 0.717) is 0 Å². The molecule has 1 aromatic heterocycles. The number of hydrogen-bond donors (Lipinski definition) is 0. The molecule has 1 aliphatic rings. The molecule has 0 bridgehead atoms. The van der Waals surface area contributed by atoms with Crippen LogP contribution in [0.5, 0.6) is 0 Å². The summed E-state index contributed by atoms with van der Waals surface area (Å²) in [6.45, 7) is 4.54. The molecule has 0 N–H and O–H groups in total. The number of rotatable bonds is 3. The minimum absolute atomic E-state index is 0.0549. The Balaban J connectivity index is 2.04. The van der Waals surface area contributed by atoms with Crippen LogP contribution >= 0.6 is 0 Å². The quantitative estimate of drug-likeness (QED) is 0.807. The van der Waals surface area contributed by atoms with Gasteiger partial charge in [0.05, 0.1) is 5.92 Å². The molecule has 2 heterocycles. The summed E-state index contributed by atoms with van der Waals surface area (Å²) in [5.41, 5.74) is 1.25. The van der Waals surface area contributed by atoms with Crippen molar-refractivity contribution in [3.8, 4) is 0 Å². The molecule has 1 amide bonds. The van der Waals surface area contributed by atoms with E-state index in [-0.39, 0.29) is 11.8 Å². The van der Waals surface area contributed by atoms with Crippen LogP contribution in [0.15, 0.2) is 24.5 Å². The molecular formula is C15H24N4O. The van der Waals surface area contributed by atoms with Gasteiger partial charge < -0.3 is 9.80 Å². The number of pyridine rings is 1. The lowest BCUT2D eigenvalue weighted by atomic mass is 10.1. The van der Waals surface area contributed by atoms with E-state index in [1.807, 2.05) is 38.6 Å². The number of aromatic nitrogens is 1. The van der Waals surface area contributed by atoms with Crippen molar-refractivity contribution in [2.24, 2.45) is 5.92 Å². The highest BCUT2D eigenvalue weighted by atomic mass is 16.2. The minimum atomic E-state index is 0.0549. The molecule has 1 saturated heterocycles. The first-order chi connectivity index (χ1) is 9.56. The van der Waals surface area contributed by atoms with E-state index in [9.17, 15) is 4.79 Å². The normalized spacial score (nSPS) is 21.4. The van der Waals surface area contributed by atoms with E-state index < -0.39 is 0 Å². The Morgan fingerprint density at radius 3 is 2.65 bits per heavy atom. The zero-order chi connectivity index (χ0) is 14.5. The highest BCUT2D eigenvalue weighted by Gasteiger charge is 2.27. The average molecular weight is 276 g/mol. The van der Waals surface area contributed by atoms with E-state index in [0.717, 1.165) is 32.7 Å². The third-order valence-electron chi connectivity index (χ3n) is 3.75. The van der Waals surface area contributed by atoms with E-state index in [2.05, 4.69) is 21.8 Å². The van der Waals surface area contributed by atoms with Gasteiger partial charge in [-0.05, 0) is 24.7 Å². The van der Waals surface area contributed by atoms with Crippen LogP contribution in [0.3, 0.4) is 0 Å². The fraction of sp³-hybridized carbons (Fsp3) is 0.600. The molecule has 1 atom stereocenters. The lowest BCUT2D eigenvalue weighted by Gasteiger charge is -2.25. The Bertz CT molecular complexity index is 435. The number of likely N-dealkylation sites (N-methyl/N-ethyl adjacent to an activating group) is 1. The molecule has 0 radical (unpaired) electrons. The Kier molecular flexibility index (Phi) is 5.09. The first kappa shape index (κ1) is 14.9. The molecular weight excluding hydrogens is 252 g/mol. The second kappa shape index (κ2) is 6.81. The van der Waals surface area contributed by atoms with Gasteiger partial charge in [0.1, 0.15) is 0 Å². The van der Waals surface area contributed by atoms with E-state index in [1.54, 1.807) is 4.90 Å². The van der Waals surface area contributed by atoms with Gasteiger partial charge in [0.25, 0.3) is 0 Å². The topological polar surface area (TPSA) is 39.7 Å². The van der Waals surface area contributed by atoms with Crippen molar-refractivity contribution in [3.63, 3.8) is 0 Å². The second-order valence-corrected chi connectivity index (χ2v) is 5.78. The van der Waals surface area contributed by atoms with Crippen molar-refractivity contribution in [1.82, 2.24) is 19.7 Å². The van der Waals surface area contributed by atoms with Gasteiger partial charge in [-0.2, -0.15) is 0 Å². The lowest BCUT2D eigenvalue weighted by Crippen LogP contribution is -2.40. The summed E-state index contributed by atoms with van der Waals surface area (Å²) >= 11 is 0. The van der Waals surface area contributed by atoms with Crippen LogP contribution in [-0.4, -0.2) is 72.9 Å². The third kappa shape index (κ3) is 4.02.